The number of carbonyl (C=O) groups is 1. The highest BCUT2D eigenvalue weighted by Gasteiger charge is 2.03. The van der Waals surface area contributed by atoms with Crippen LogP contribution in [0.4, 0.5) is 0 Å². The summed E-state index contributed by atoms with van der Waals surface area (Å²) in [5.41, 5.74) is 0.680. The summed E-state index contributed by atoms with van der Waals surface area (Å²) in [6, 6.07) is 0. The molecule has 18 heavy (non-hydrogen) atoms. The second-order valence-corrected chi connectivity index (χ2v) is 4.66. The predicted molar refractivity (Wildman–Crippen MR) is 74.4 cm³/mol. The molecular formula is C15H28O3. The first kappa shape index (κ1) is 17.2. The molecule has 0 fully saturated rings. The van der Waals surface area contributed by atoms with Crippen LogP contribution >= 0.6 is 0 Å². The van der Waals surface area contributed by atoms with E-state index >= 15 is 0 Å². The van der Waals surface area contributed by atoms with E-state index in [0.717, 1.165) is 25.7 Å². The fourth-order valence-corrected chi connectivity index (χ4v) is 1.67. The standard InChI is InChI=1S/C15H28O3/c1-3-14(2)15(17)18-13-11-9-7-5-4-6-8-10-12-16/h3,16H,4-13H2,1-2H3/b14-3+. The van der Waals surface area contributed by atoms with E-state index in [-0.39, 0.29) is 5.97 Å². The molecule has 1 N–H and O–H groups in total. The van der Waals surface area contributed by atoms with Crippen LogP contribution in [0.3, 0.4) is 0 Å². The maximum Gasteiger partial charge on any atom is 0.333 e. The zero-order valence-corrected chi connectivity index (χ0v) is 11.9. The van der Waals surface area contributed by atoms with Crippen LogP contribution in [0.15, 0.2) is 11.6 Å². The minimum Gasteiger partial charge on any atom is -0.462 e. The Bertz CT molecular complexity index is 234. The van der Waals surface area contributed by atoms with E-state index < -0.39 is 0 Å². The van der Waals surface area contributed by atoms with Gasteiger partial charge in [-0.2, -0.15) is 0 Å². The molecule has 0 aliphatic carbocycles. The zero-order valence-electron chi connectivity index (χ0n) is 11.9. The molecule has 0 heterocycles. The van der Waals surface area contributed by atoms with Gasteiger partial charge in [-0.3, -0.25) is 0 Å². The highest BCUT2D eigenvalue weighted by atomic mass is 16.5. The van der Waals surface area contributed by atoms with E-state index in [1.807, 2.05) is 6.92 Å². The number of aliphatic hydroxyl groups is 1. The van der Waals surface area contributed by atoms with Gasteiger partial charge < -0.3 is 9.84 Å². The SMILES string of the molecule is C/C=C(\C)C(=O)OCCCCCCCCCCO. The Kier molecular flexibility index (Phi) is 12.0. The average molecular weight is 256 g/mol. The van der Waals surface area contributed by atoms with E-state index in [0.29, 0.717) is 18.8 Å². The van der Waals surface area contributed by atoms with Crippen LogP contribution in [0.2, 0.25) is 0 Å². The maximum absolute atomic E-state index is 11.3. The summed E-state index contributed by atoms with van der Waals surface area (Å²) in [5, 5.41) is 8.62. The lowest BCUT2D eigenvalue weighted by atomic mass is 10.1. The molecule has 3 nitrogen and oxygen atoms in total. The molecule has 0 aromatic rings. The fourth-order valence-electron chi connectivity index (χ4n) is 1.67. The molecule has 0 unspecified atom stereocenters. The molecular weight excluding hydrogens is 228 g/mol. The predicted octanol–water partition coefficient (Wildman–Crippen LogP) is 3.61. The molecule has 0 aliphatic heterocycles. The van der Waals surface area contributed by atoms with Crippen molar-refractivity contribution in [2.24, 2.45) is 0 Å². The largest absolute Gasteiger partial charge is 0.462 e. The summed E-state index contributed by atoms with van der Waals surface area (Å²) >= 11 is 0. The van der Waals surface area contributed by atoms with Crippen LogP contribution in [0, 0.1) is 0 Å². The van der Waals surface area contributed by atoms with Gasteiger partial charge in [-0.05, 0) is 26.7 Å². The number of carbonyl (C=O) groups excluding carboxylic acids is 1. The van der Waals surface area contributed by atoms with Gasteiger partial charge in [0.2, 0.25) is 0 Å². The third-order valence-electron chi connectivity index (χ3n) is 3.04. The smallest absolute Gasteiger partial charge is 0.333 e. The van der Waals surface area contributed by atoms with Gasteiger partial charge in [0.1, 0.15) is 0 Å². The van der Waals surface area contributed by atoms with Gasteiger partial charge in [-0.15, -0.1) is 0 Å². The van der Waals surface area contributed by atoms with Crippen LogP contribution in [0.1, 0.15) is 65.2 Å². The van der Waals surface area contributed by atoms with Crippen LogP contribution in [0.5, 0.6) is 0 Å². The second kappa shape index (κ2) is 12.6. The topological polar surface area (TPSA) is 46.5 Å². The van der Waals surface area contributed by atoms with Crippen LogP contribution in [0.25, 0.3) is 0 Å². The number of aliphatic hydroxyl groups excluding tert-OH is 1. The molecule has 0 bridgehead atoms. The highest BCUT2D eigenvalue weighted by molar-refractivity contribution is 5.87. The first-order chi connectivity index (χ1) is 8.72. The molecule has 106 valence electrons. The number of hydrogen-bond acceptors (Lipinski definition) is 3. The summed E-state index contributed by atoms with van der Waals surface area (Å²) < 4.78 is 5.12. The van der Waals surface area contributed by atoms with E-state index in [1.54, 1.807) is 13.0 Å². The molecule has 0 atom stereocenters. The summed E-state index contributed by atoms with van der Waals surface area (Å²) in [6.07, 6.45) is 10.8. The van der Waals surface area contributed by atoms with Crippen LogP contribution < -0.4 is 0 Å². The molecule has 0 rings (SSSR count). The van der Waals surface area contributed by atoms with Gasteiger partial charge in [0.05, 0.1) is 6.61 Å². The lowest BCUT2D eigenvalue weighted by molar-refractivity contribution is -0.139. The number of unbranched alkanes of at least 4 members (excludes halogenated alkanes) is 7. The summed E-state index contributed by atoms with van der Waals surface area (Å²) in [7, 11) is 0. The lowest BCUT2D eigenvalue weighted by Gasteiger charge is -2.04. The first-order valence-corrected chi connectivity index (χ1v) is 7.13. The number of ether oxygens (including phenoxy) is 1. The molecule has 0 saturated carbocycles. The van der Waals surface area contributed by atoms with Crippen LogP contribution in [-0.4, -0.2) is 24.3 Å². The summed E-state index contributed by atoms with van der Waals surface area (Å²) in [6.45, 7) is 4.47. The van der Waals surface area contributed by atoms with Gasteiger partial charge >= 0.3 is 5.97 Å². The van der Waals surface area contributed by atoms with Gasteiger partial charge in [0.25, 0.3) is 0 Å². The Balaban J connectivity index is 3.19. The number of rotatable bonds is 11. The van der Waals surface area contributed by atoms with Crippen molar-refractivity contribution in [1.82, 2.24) is 0 Å². The Morgan fingerprint density at radius 2 is 1.50 bits per heavy atom. The minimum absolute atomic E-state index is 0.193. The third-order valence-corrected chi connectivity index (χ3v) is 3.04. The van der Waals surface area contributed by atoms with E-state index in [4.69, 9.17) is 9.84 Å². The van der Waals surface area contributed by atoms with Crippen molar-refractivity contribution in [3.63, 3.8) is 0 Å². The van der Waals surface area contributed by atoms with Crippen molar-refractivity contribution in [3.05, 3.63) is 11.6 Å². The van der Waals surface area contributed by atoms with Crippen molar-refractivity contribution in [1.29, 1.82) is 0 Å². The zero-order chi connectivity index (χ0) is 13.6. The highest BCUT2D eigenvalue weighted by Crippen LogP contribution is 2.08. The Labute approximate surface area is 111 Å². The molecule has 0 aromatic carbocycles. The first-order valence-electron chi connectivity index (χ1n) is 7.13. The molecule has 0 saturated heterocycles. The van der Waals surface area contributed by atoms with Crippen molar-refractivity contribution in [3.8, 4) is 0 Å². The van der Waals surface area contributed by atoms with Crippen LogP contribution in [-0.2, 0) is 9.53 Å². The molecule has 0 amide bonds. The van der Waals surface area contributed by atoms with Gasteiger partial charge in [0, 0.05) is 12.2 Å². The number of esters is 1. The minimum atomic E-state index is -0.193. The molecule has 0 spiro atoms. The summed E-state index contributed by atoms with van der Waals surface area (Å²) in [4.78, 5) is 11.3. The van der Waals surface area contributed by atoms with Gasteiger partial charge in [-0.25, -0.2) is 4.79 Å². The number of allylic oxidation sites excluding steroid dienone is 1. The maximum atomic E-state index is 11.3. The molecule has 3 heteroatoms. The Morgan fingerprint density at radius 3 is 2.00 bits per heavy atom. The fraction of sp³-hybridized carbons (Fsp3) is 0.800. The quantitative estimate of drug-likeness (QED) is 0.349. The molecule has 0 radical (unpaired) electrons. The van der Waals surface area contributed by atoms with E-state index in [9.17, 15) is 4.79 Å². The normalized spacial score (nSPS) is 11.6. The number of hydrogen-bond donors (Lipinski definition) is 1. The van der Waals surface area contributed by atoms with Crippen molar-refractivity contribution in [2.45, 2.75) is 65.2 Å². The van der Waals surface area contributed by atoms with E-state index in [1.165, 1.54) is 25.7 Å². The van der Waals surface area contributed by atoms with Gasteiger partial charge in [0.15, 0.2) is 0 Å². The second-order valence-electron chi connectivity index (χ2n) is 4.66. The van der Waals surface area contributed by atoms with Crippen molar-refractivity contribution >= 4 is 5.97 Å². The average Bonchev–Trinajstić information content (AvgIpc) is 2.39. The lowest BCUT2D eigenvalue weighted by Crippen LogP contribution is -2.06. The monoisotopic (exact) mass is 256 g/mol. The van der Waals surface area contributed by atoms with E-state index in [2.05, 4.69) is 0 Å². The molecule has 0 aromatic heterocycles. The van der Waals surface area contributed by atoms with Crippen molar-refractivity contribution in [2.75, 3.05) is 13.2 Å². The van der Waals surface area contributed by atoms with Crippen molar-refractivity contribution < 1.29 is 14.6 Å². The molecule has 0 aliphatic rings. The summed E-state index contributed by atoms with van der Waals surface area (Å²) in [5.74, 6) is -0.193. The Hall–Kier alpha value is -0.830. The van der Waals surface area contributed by atoms with Gasteiger partial charge in [-0.1, -0.05) is 44.6 Å². The third kappa shape index (κ3) is 10.3. The Morgan fingerprint density at radius 1 is 1.00 bits per heavy atom.